The maximum atomic E-state index is 13.2. The molecular weight excluding hydrogens is 396 g/mol. The molecule has 0 aliphatic rings. The molecule has 0 saturated carbocycles. The molecule has 31 heavy (non-hydrogen) atoms. The van der Waals surface area contributed by atoms with Crippen LogP contribution in [0.15, 0.2) is 29.4 Å². The number of rotatable bonds is 12. The molecule has 1 aromatic rings. The molecule has 0 spiro atoms. The summed E-state index contributed by atoms with van der Waals surface area (Å²) < 4.78 is 0. The van der Waals surface area contributed by atoms with Crippen LogP contribution in [0, 0.1) is 11.8 Å². The number of carbonyl (C=O) groups excluding carboxylic acids is 2. The van der Waals surface area contributed by atoms with Crippen molar-refractivity contribution in [3.63, 3.8) is 0 Å². The van der Waals surface area contributed by atoms with E-state index in [0.29, 0.717) is 0 Å². The number of phenolic OH excluding ortho intramolecular Hbond substituents is 1. The zero-order valence-electron chi connectivity index (χ0n) is 19.5. The van der Waals surface area contributed by atoms with E-state index < -0.39 is 12.1 Å². The second-order valence-electron chi connectivity index (χ2n) is 8.53. The largest absolute Gasteiger partial charge is 0.508 e. The lowest BCUT2D eigenvalue weighted by atomic mass is 9.98. The first-order valence-electron chi connectivity index (χ1n) is 10.9. The van der Waals surface area contributed by atoms with E-state index in [1.807, 2.05) is 41.5 Å². The summed E-state index contributed by atoms with van der Waals surface area (Å²) in [5.74, 6) is -0.532. The summed E-state index contributed by atoms with van der Waals surface area (Å²) in [7, 11) is 0. The van der Waals surface area contributed by atoms with Crippen LogP contribution in [0.5, 0.6) is 5.75 Å². The van der Waals surface area contributed by atoms with Crippen molar-refractivity contribution in [2.75, 3.05) is 0 Å². The van der Waals surface area contributed by atoms with Gasteiger partial charge in [0.15, 0.2) is 0 Å². The van der Waals surface area contributed by atoms with Crippen LogP contribution in [0.1, 0.15) is 53.5 Å². The number of aromatic hydroxyl groups is 1. The molecule has 4 atom stereocenters. The molecule has 1 aromatic carbocycles. The fourth-order valence-corrected chi connectivity index (χ4v) is 2.72. The van der Waals surface area contributed by atoms with Crippen molar-refractivity contribution in [2.45, 2.75) is 78.6 Å². The van der Waals surface area contributed by atoms with Crippen LogP contribution in [0.3, 0.4) is 0 Å². The summed E-state index contributed by atoms with van der Waals surface area (Å²) in [4.78, 5) is 31.0. The van der Waals surface area contributed by atoms with Gasteiger partial charge in [-0.1, -0.05) is 51.4 Å². The molecule has 2 amide bonds. The van der Waals surface area contributed by atoms with Crippen LogP contribution in [-0.2, 0) is 20.8 Å². The zero-order valence-corrected chi connectivity index (χ0v) is 19.5. The maximum Gasteiger partial charge on any atom is 0.243 e. The highest BCUT2D eigenvalue weighted by atomic mass is 16.6. The number of nitrogens with two attached hydrogens (primary N) is 1. The lowest BCUT2D eigenvalue weighted by Gasteiger charge is -2.26. The Morgan fingerprint density at radius 3 is 2.23 bits per heavy atom. The average molecular weight is 435 g/mol. The van der Waals surface area contributed by atoms with Gasteiger partial charge in [-0.25, -0.2) is 0 Å². The lowest BCUT2D eigenvalue weighted by Crippen LogP contribution is -2.56. The first kappa shape index (κ1) is 26.4. The molecule has 1 rings (SSSR count). The van der Waals surface area contributed by atoms with Crippen LogP contribution in [0.2, 0.25) is 0 Å². The molecule has 0 aliphatic heterocycles. The van der Waals surface area contributed by atoms with Crippen LogP contribution in [0.4, 0.5) is 0 Å². The number of hydrogen-bond donors (Lipinski definition) is 4. The van der Waals surface area contributed by atoms with E-state index in [9.17, 15) is 14.7 Å². The predicted molar refractivity (Wildman–Crippen MR) is 123 cm³/mol. The van der Waals surface area contributed by atoms with Gasteiger partial charge in [0.1, 0.15) is 17.9 Å². The van der Waals surface area contributed by atoms with E-state index in [2.05, 4.69) is 15.8 Å². The van der Waals surface area contributed by atoms with Gasteiger partial charge in [-0.3, -0.25) is 9.59 Å². The summed E-state index contributed by atoms with van der Waals surface area (Å²) in [6.07, 6.45) is 2.61. The third-order valence-corrected chi connectivity index (χ3v) is 5.09. The molecule has 0 aliphatic carbocycles. The van der Waals surface area contributed by atoms with Crippen LogP contribution < -0.4 is 16.4 Å². The lowest BCUT2D eigenvalue weighted by molar-refractivity contribution is -0.130. The highest BCUT2D eigenvalue weighted by molar-refractivity contribution is 5.91. The van der Waals surface area contributed by atoms with Crippen molar-refractivity contribution in [2.24, 2.45) is 22.7 Å². The van der Waals surface area contributed by atoms with Crippen molar-refractivity contribution in [1.82, 2.24) is 10.6 Å². The Hall–Kier alpha value is -2.61. The molecule has 0 radical (unpaired) electrons. The second-order valence-corrected chi connectivity index (χ2v) is 8.53. The SMILES string of the molecule is CC[C@H](C)[C@@H](C=NOC(C)C)NC(=O)[C@H](Cc1ccc(O)cc1)NC(=O)[C@@H](N)C(C)C. The van der Waals surface area contributed by atoms with Crippen LogP contribution in [-0.4, -0.2) is 47.4 Å². The molecule has 8 heteroatoms. The van der Waals surface area contributed by atoms with Crippen molar-refractivity contribution in [1.29, 1.82) is 0 Å². The summed E-state index contributed by atoms with van der Waals surface area (Å²) in [6, 6.07) is 4.62. The first-order valence-corrected chi connectivity index (χ1v) is 10.9. The molecule has 0 saturated heterocycles. The van der Waals surface area contributed by atoms with E-state index in [-0.39, 0.29) is 48.0 Å². The van der Waals surface area contributed by atoms with Crippen molar-refractivity contribution in [3.05, 3.63) is 29.8 Å². The molecular formula is C23H38N4O4. The summed E-state index contributed by atoms with van der Waals surface area (Å²) in [5, 5.41) is 19.3. The zero-order chi connectivity index (χ0) is 23.6. The number of amides is 2. The maximum absolute atomic E-state index is 13.2. The third-order valence-electron chi connectivity index (χ3n) is 5.09. The van der Waals surface area contributed by atoms with E-state index in [1.54, 1.807) is 30.5 Å². The number of carbonyl (C=O) groups is 2. The molecule has 8 nitrogen and oxygen atoms in total. The average Bonchev–Trinajstić information content (AvgIpc) is 2.72. The second kappa shape index (κ2) is 12.9. The monoisotopic (exact) mass is 434 g/mol. The molecule has 0 aromatic heterocycles. The van der Waals surface area contributed by atoms with Gasteiger partial charge in [-0.2, -0.15) is 0 Å². The Morgan fingerprint density at radius 1 is 1.10 bits per heavy atom. The fraction of sp³-hybridized carbons (Fsp3) is 0.609. The molecule has 0 fully saturated rings. The number of benzene rings is 1. The molecule has 0 unspecified atom stereocenters. The predicted octanol–water partition coefficient (Wildman–Crippen LogP) is 2.34. The summed E-state index contributed by atoms with van der Waals surface area (Å²) in [6.45, 7) is 11.5. The first-order chi connectivity index (χ1) is 14.5. The van der Waals surface area contributed by atoms with Crippen molar-refractivity contribution >= 4 is 18.0 Å². The molecule has 0 bridgehead atoms. The standard InChI is InChI=1S/C23H38N4O4/c1-7-16(6)20(13-25-31-15(4)5)27-22(29)19(26-23(30)21(24)14(2)3)12-17-8-10-18(28)11-9-17/h8-11,13-16,19-21,28H,7,12,24H2,1-6H3,(H,26,30)(H,27,29)/t16-,19-,20+,21-/m0/s1. The minimum atomic E-state index is -0.826. The number of phenols is 1. The highest BCUT2D eigenvalue weighted by Crippen LogP contribution is 2.13. The molecule has 0 heterocycles. The van der Waals surface area contributed by atoms with E-state index in [0.717, 1.165) is 12.0 Å². The Balaban J connectivity index is 3.04. The quantitative estimate of drug-likeness (QED) is 0.297. The number of oxime groups is 1. The van der Waals surface area contributed by atoms with Gasteiger partial charge in [0.25, 0.3) is 0 Å². The number of hydrogen-bond acceptors (Lipinski definition) is 6. The van der Waals surface area contributed by atoms with E-state index in [4.69, 9.17) is 10.6 Å². The van der Waals surface area contributed by atoms with Gasteiger partial charge in [0.05, 0.1) is 18.3 Å². The van der Waals surface area contributed by atoms with Crippen LogP contribution >= 0.6 is 0 Å². The Morgan fingerprint density at radius 2 is 1.71 bits per heavy atom. The van der Waals surface area contributed by atoms with Gasteiger partial charge in [-0.05, 0) is 43.4 Å². The smallest absolute Gasteiger partial charge is 0.243 e. The Bertz CT molecular complexity index is 719. The van der Waals surface area contributed by atoms with Gasteiger partial charge in [-0.15, -0.1) is 0 Å². The van der Waals surface area contributed by atoms with Gasteiger partial charge < -0.3 is 26.3 Å². The topological polar surface area (TPSA) is 126 Å². The van der Waals surface area contributed by atoms with E-state index in [1.165, 1.54) is 0 Å². The third kappa shape index (κ3) is 9.38. The van der Waals surface area contributed by atoms with E-state index >= 15 is 0 Å². The molecule has 5 N–H and O–H groups in total. The van der Waals surface area contributed by atoms with Crippen molar-refractivity contribution < 1.29 is 19.5 Å². The minimum absolute atomic E-state index is 0.0643. The minimum Gasteiger partial charge on any atom is -0.508 e. The Kier molecular flexibility index (Phi) is 11.0. The number of nitrogens with one attached hydrogen (secondary N) is 2. The number of nitrogens with zero attached hydrogens (tertiary/aromatic N) is 1. The summed E-state index contributed by atoms with van der Waals surface area (Å²) >= 11 is 0. The van der Waals surface area contributed by atoms with Gasteiger partial charge >= 0.3 is 0 Å². The van der Waals surface area contributed by atoms with Crippen LogP contribution in [0.25, 0.3) is 0 Å². The van der Waals surface area contributed by atoms with Gasteiger partial charge in [0, 0.05) is 6.42 Å². The normalized spacial score (nSPS) is 15.5. The summed E-state index contributed by atoms with van der Waals surface area (Å²) in [5.41, 5.74) is 6.77. The Labute approximate surface area is 185 Å². The van der Waals surface area contributed by atoms with Gasteiger partial charge in [0.2, 0.25) is 11.8 Å². The fourth-order valence-electron chi connectivity index (χ4n) is 2.72. The highest BCUT2D eigenvalue weighted by Gasteiger charge is 2.28. The van der Waals surface area contributed by atoms with Crippen molar-refractivity contribution in [3.8, 4) is 5.75 Å². The molecule has 174 valence electrons.